The Morgan fingerprint density at radius 1 is 1.24 bits per heavy atom. The van der Waals surface area contributed by atoms with Crippen LogP contribution < -0.4 is 5.01 Å². The summed E-state index contributed by atoms with van der Waals surface area (Å²) in [6, 6.07) is 5.79. The molecule has 1 aromatic carbocycles. The van der Waals surface area contributed by atoms with Crippen molar-refractivity contribution < 1.29 is 24.0 Å². The van der Waals surface area contributed by atoms with E-state index in [2.05, 4.69) is 5.10 Å². The molecule has 10 nitrogen and oxygen atoms in total. The van der Waals surface area contributed by atoms with Gasteiger partial charge in [0.2, 0.25) is 9.37 Å². The Bertz CT molecular complexity index is 932. The van der Waals surface area contributed by atoms with Gasteiger partial charge in [0, 0.05) is 24.9 Å². The highest BCUT2D eigenvalue weighted by molar-refractivity contribution is 8.28. The molecule has 0 radical (unpaired) electrons. The molecule has 0 aromatic heterocycles. The van der Waals surface area contributed by atoms with Crippen LogP contribution >= 0.6 is 23.5 Å². The van der Waals surface area contributed by atoms with Crippen molar-refractivity contribution in [3.63, 3.8) is 0 Å². The number of nitro benzene ring substituents is 1. The number of hydrogen-bond acceptors (Lipinski definition) is 11. The highest BCUT2D eigenvalue weighted by Crippen LogP contribution is 2.58. The zero-order valence-corrected chi connectivity index (χ0v) is 17.7. The van der Waals surface area contributed by atoms with E-state index in [1.165, 1.54) is 43.1 Å². The quantitative estimate of drug-likeness (QED) is 0.386. The van der Waals surface area contributed by atoms with Gasteiger partial charge in [-0.15, -0.1) is 0 Å². The van der Waals surface area contributed by atoms with Gasteiger partial charge >= 0.3 is 11.9 Å². The maximum atomic E-state index is 12.3. The number of benzene rings is 1. The first kappa shape index (κ1) is 21.0. The number of ether oxygens (including phenoxy) is 2. The number of carbonyl (C=O) groups excluding carboxylic acids is 2. The lowest BCUT2D eigenvalue weighted by molar-refractivity contribution is -0.384. The Kier molecular flexibility index (Phi) is 5.75. The minimum absolute atomic E-state index is 0.0683. The largest absolute Gasteiger partial charge is 0.465 e. The summed E-state index contributed by atoms with van der Waals surface area (Å²) < 4.78 is 8.93. The van der Waals surface area contributed by atoms with Crippen LogP contribution in [0, 0.1) is 10.1 Å². The van der Waals surface area contributed by atoms with E-state index in [0.29, 0.717) is 16.3 Å². The van der Waals surface area contributed by atoms with Crippen LogP contribution in [-0.2, 0) is 19.1 Å². The van der Waals surface area contributed by atoms with Crippen LogP contribution in [-0.4, -0.2) is 51.9 Å². The lowest BCUT2D eigenvalue weighted by atomic mass is 10.3. The first-order chi connectivity index (χ1) is 13.7. The molecule has 12 heteroatoms. The Morgan fingerprint density at radius 3 is 2.45 bits per heavy atom. The molecule has 2 aliphatic heterocycles. The second-order valence-electron chi connectivity index (χ2n) is 5.93. The molecule has 0 N–H and O–H groups in total. The smallest absolute Gasteiger partial charge is 0.365 e. The molecule has 0 amide bonds. The van der Waals surface area contributed by atoms with Gasteiger partial charge in [0.15, 0.2) is 0 Å². The highest BCUT2D eigenvalue weighted by Gasteiger charge is 2.56. The molecule has 0 fully saturated rings. The lowest BCUT2D eigenvalue weighted by Crippen LogP contribution is -2.47. The van der Waals surface area contributed by atoms with Crippen LogP contribution in [0.2, 0.25) is 0 Å². The lowest BCUT2D eigenvalue weighted by Gasteiger charge is -2.39. The van der Waals surface area contributed by atoms with Crippen LogP contribution in [0.15, 0.2) is 40.0 Å². The van der Waals surface area contributed by atoms with Gasteiger partial charge in [-0.3, -0.25) is 10.1 Å². The Labute approximate surface area is 175 Å². The van der Waals surface area contributed by atoms with E-state index < -0.39 is 21.2 Å². The maximum Gasteiger partial charge on any atom is 0.365 e. The number of rotatable bonds is 5. The first-order valence-corrected chi connectivity index (χ1v) is 10.1. The van der Waals surface area contributed by atoms with Gasteiger partial charge in [-0.2, -0.15) is 5.10 Å². The maximum absolute atomic E-state index is 12.3. The number of nitro groups is 1. The number of thioether (sulfide) groups is 2. The van der Waals surface area contributed by atoms with Gasteiger partial charge in [-0.25, -0.2) is 14.6 Å². The van der Waals surface area contributed by atoms with Crippen LogP contribution in [0.1, 0.15) is 13.8 Å². The standard InChI is InChI=1S/C17H18N4O6S2/c1-5-27-16(23)14-18-20(11-6-8-12(9-7-11)21(24)25)17(29-14)19(3)10(2)13(28-17)15(22)26-4/h6-9H,5H2,1-4H3. The number of carbonyl (C=O) groups is 2. The molecular weight excluding hydrogens is 420 g/mol. The number of esters is 2. The van der Waals surface area contributed by atoms with Crippen molar-refractivity contribution in [2.45, 2.75) is 18.2 Å². The van der Waals surface area contributed by atoms with Crippen molar-refractivity contribution in [2.24, 2.45) is 5.10 Å². The van der Waals surface area contributed by atoms with Crippen molar-refractivity contribution in [1.29, 1.82) is 0 Å². The molecule has 3 rings (SSSR count). The number of methoxy groups -OCH3 is 1. The highest BCUT2D eigenvalue weighted by atomic mass is 32.2. The molecule has 2 aliphatic rings. The summed E-state index contributed by atoms with van der Waals surface area (Å²) in [4.78, 5) is 37.2. The zero-order chi connectivity index (χ0) is 21.3. The minimum Gasteiger partial charge on any atom is -0.465 e. The fourth-order valence-electron chi connectivity index (χ4n) is 2.75. The third-order valence-corrected chi connectivity index (χ3v) is 7.34. The summed E-state index contributed by atoms with van der Waals surface area (Å²) in [6.45, 7) is 3.65. The van der Waals surface area contributed by atoms with Crippen molar-refractivity contribution in [2.75, 3.05) is 25.8 Å². The molecule has 1 atom stereocenters. The van der Waals surface area contributed by atoms with E-state index in [4.69, 9.17) is 9.47 Å². The molecule has 1 unspecified atom stereocenters. The molecule has 2 heterocycles. The van der Waals surface area contributed by atoms with Gasteiger partial charge in [-0.05, 0) is 37.7 Å². The normalized spacial score (nSPS) is 20.9. The Hall–Kier alpha value is -2.73. The van der Waals surface area contributed by atoms with Crippen LogP contribution in [0.5, 0.6) is 0 Å². The monoisotopic (exact) mass is 438 g/mol. The first-order valence-electron chi connectivity index (χ1n) is 8.46. The van der Waals surface area contributed by atoms with E-state index in [1.807, 2.05) is 4.90 Å². The van der Waals surface area contributed by atoms with Crippen molar-refractivity contribution in [3.05, 3.63) is 45.0 Å². The second-order valence-corrected chi connectivity index (χ2v) is 8.53. The molecule has 0 bridgehead atoms. The molecule has 154 valence electrons. The molecule has 0 saturated heterocycles. The van der Waals surface area contributed by atoms with Crippen LogP contribution in [0.4, 0.5) is 11.4 Å². The number of anilines is 1. The fraction of sp³-hybridized carbons (Fsp3) is 0.353. The van der Waals surface area contributed by atoms with E-state index in [1.54, 1.807) is 25.9 Å². The van der Waals surface area contributed by atoms with E-state index in [-0.39, 0.29) is 17.3 Å². The zero-order valence-electron chi connectivity index (χ0n) is 16.1. The van der Waals surface area contributed by atoms with Crippen molar-refractivity contribution in [1.82, 2.24) is 4.90 Å². The molecule has 0 aliphatic carbocycles. The molecule has 1 aromatic rings. The molecule has 29 heavy (non-hydrogen) atoms. The fourth-order valence-corrected chi connectivity index (χ4v) is 5.65. The molecule has 0 saturated carbocycles. The van der Waals surface area contributed by atoms with Gasteiger partial charge < -0.3 is 14.4 Å². The summed E-state index contributed by atoms with van der Waals surface area (Å²) in [5.41, 5.74) is 1.10. The predicted molar refractivity (Wildman–Crippen MR) is 110 cm³/mol. The topological polar surface area (TPSA) is 115 Å². The third kappa shape index (κ3) is 3.53. The van der Waals surface area contributed by atoms with Gasteiger partial charge in [0.25, 0.3) is 5.69 Å². The number of hydrazone groups is 1. The molecular formula is C17H18N4O6S2. The predicted octanol–water partition coefficient (Wildman–Crippen LogP) is 2.72. The number of hydrogen-bond donors (Lipinski definition) is 0. The van der Waals surface area contributed by atoms with Gasteiger partial charge in [-0.1, -0.05) is 11.8 Å². The van der Waals surface area contributed by atoms with Gasteiger partial charge in [0.1, 0.15) is 4.91 Å². The third-order valence-electron chi connectivity index (χ3n) is 4.30. The SMILES string of the molecule is CCOC(=O)C1=NN(c2ccc([N+](=O)[O-])cc2)C2(S1)SC(C(=O)OC)=C(C)N2C. The summed E-state index contributed by atoms with van der Waals surface area (Å²) in [5.74, 6) is -1.08. The minimum atomic E-state index is -1.02. The second kappa shape index (κ2) is 7.95. The van der Waals surface area contributed by atoms with Gasteiger partial charge in [0.05, 0.1) is 24.3 Å². The summed E-state index contributed by atoms with van der Waals surface area (Å²) >= 11 is 2.32. The van der Waals surface area contributed by atoms with Crippen LogP contribution in [0.3, 0.4) is 0 Å². The van der Waals surface area contributed by atoms with E-state index >= 15 is 0 Å². The van der Waals surface area contributed by atoms with Crippen molar-refractivity contribution in [3.8, 4) is 0 Å². The average molecular weight is 438 g/mol. The van der Waals surface area contributed by atoms with Crippen LogP contribution in [0.25, 0.3) is 0 Å². The summed E-state index contributed by atoms with van der Waals surface area (Å²) in [7, 11) is 3.07. The number of allylic oxidation sites excluding steroid dienone is 1. The Morgan fingerprint density at radius 2 is 1.90 bits per heavy atom. The Balaban J connectivity index is 2.05. The summed E-state index contributed by atoms with van der Waals surface area (Å²) in [6.07, 6.45) is 0. The number of non-ortho nitro benzene ring substituents is 1. The van der Waals surface area contributed by atoms with Crippen molar-refractivity contribution >= 4 is 51.9 Å². The number of nitrogens with zero attached hydrogens (tertiary/aromatic N) is 4. The molecule has 1 spiro atoms. The average Bonchev–Trinajstić information content (AvgIpc) is 3.22. The van der Waals surface area contributed by atoms with E-state index in [9.17, 15) is 19.7 Å². The summed E-state index contributed by atoms with van der Waals surface area (Å²) in [5, 5.41) is 17.1. The van der Waals surface area contributed by atoms with E-state index in [0.717, 1.165) is 11.8 Å².